The molecule has 166 valence electrons. The number of carbonyl (C=O) groups excluding carboxylic acids is 2. The van der Waals surface area contributed by atoms with E-state index >= 15 is 0 Å². The molecule has 1 aliphatic heterocycles. The molecule has 2 amide bonds. The summed E-state index contributed by atoms with van der Waals surface area (Å²) in [5.74, 6) is -0.208. The molecule has 1 aromatic heterocycles. The van der Waals surface area contributed by atoms with Crippen LogP contribution in [0.1, 0.15) is 26.3 Å². The quantitative estimate of drug-likeness (QED) is 0.589. The lowest BCUT2D eigenvalue weighted by Crippen LogP contribution is -2.33. The van der Waals surface area contributed by atoms with Gasteiger partial charge in [0.1, 0.15) is 0 Å². The highest BCUT2D eigenvalue weighted by Gasteiger charge is 2.42. The van der Waals surface area contributed by atoms with Crippen molar-refractivity contribution in [2.24, 2.45) is 0 Å². The number of nitrogens with zero attached hydrogens (tertiary/aromatic N) is 2. The van der Waals surface area contributed by atoms with Crippen molar-refractivity contribution in [2.75, 3.05) is 22.0 Å². The van der Waals surface area contributed by atoms with Crippen molar-refractivity contribution in [3.63, 3.8) is 0 Å². The zero-order valence-electron chi connectivity index (χ0n) is 18.0. The Labute approximate surface area is 190 Å². The first-order valence-electron chi connectivity index (χ1n) is 9.78. The van der Waals surface area contributed by atoms with Crippen molar-refractivity contribution in [1.29, 1.82) is 0 Å². The van der Waals surface area contributed by atoms with Gasteiger partial charge in [0, 0.05) is 36.3 Å². The van der Waals surface area contributed by atoms with Gasteiger partial charge in [0.05, 0.1) is 16.0 Å². The lowest BCUT2D eigenvalue weighted by Gasteiger charge is -2.16. The van der Waals surface area contributed by atoms with Crippen LogP contribution >= 0.6 is 11.3 Å². The molecule has 0 spiro atoms. The smallest absolute Gasteiger partial charge is 0.263 e. The maximum Gasteiger partial charge on any atom is 0.263 e. The normalized spacial score (nSPS) is 14.9. The molecule has 0 atom stereocenters. The summed E-state index contributed by atoms with van der Waals surface area (Å²) in [6, 6.07) is 11.6. The van der Waals surface area contributed by atoms with Gasteiger partial charge in [-0.05, 0) is 55.8 Å². The standard InChI is InChI=1S/C22H22N4O4S2/c1-13(27)23-15-6-8-16(9-7-15)32(29,30)25-21-24-18(12-31-21)14-5-10-19-17(11-14)22(2,3)20(28)26(19)4/h5-12H,1-4H3,(H,23,27)(H,24,25). The minimum absolute atomic E-state index is 0.0286. The molecular weight excluding hydrogens is 448 g/mol. The van der Waals surface area contributed by atoms with Gasteiger partial charge in [-0.3, -0.25) is 14.3 Å². The fourth-order valence-corrected chi connectivity index (χ4v) is 5.65. The second-order valence-corrected chi connectivity index (χ2v) is 10.6. The van der Waals surface area contributed by atoms with Crippen molar-refractivity contribution in [3.8, 4) is 11.3 Å². The van der Waals surface area contributed by atoms with Gasteiger partial charge in [-0.2, -0.15) is 0 Å². The number of fused-ring (bicyclic) bond motifs is 1. The molecule has 4 rings (SSSR count). The Hall–Kier alpha value is -3.24. The number of hydrogen-bond donors (Lipinski definition) is 2. The van der Waals surface area contributed by atoms with E-state index in [1.807, 2.05) is 32.0 Å². The molecule has 0 unspecified atom stereocenters. The molecule has 32 heavy (non-hydrogen) atoms. The molecule has 0 radical (unpaired) electrons. The highest BCUT2D eigenvalue weighted by Crippen LogP contribution is 2.42. The first-order chi connectivity index (χ1) is 15.0. The van der Waals surface area contributed by atoms with Crippen molar-refractivity contribution in [2.45, 2.75) is 31.1 Å². The number of thiazole rings is 1. The zero-order chi connectivity index (χ0) is 23.3. The second kappa shape index (κ2) is 7.72. The number of rotatable bonds is 5. The Bertz CT molecular complexity index is 1330. The van der Waals surface area contributed by atoms with Gasteiger partial charge in [0.2, 0.25) is 11.8 Å². The molecule has 0 bridgehead atoms. The minimum atomic E-state index is -3.84. The monoisotopic (exact) mass is 470 g/mol. The van der Waals surface area contributed by atoms with E-state index in [1.54, 1.807) is 17.3 Å². The molecular formula is C22H22N4O4S2. The summed E-state index contributed by atoms with van der Waals surface area (Å²) < 4.78 is 27.9. The lowest BCUT2D eigenvalue weighted by molar-refractivity contribution is -0.121. The van der Waals surface area contributed by atoms with Gasteiger partial charge in [0.15, 0.2) is 5.13 Å². The Balaban J connectivity index is 1.57. The van der Waals surface area contributed by atoms with Crippen LogP contribution in [-0.2, 0) is 25.0 Å². The molecule has 0 saturated carbocycles. The SMILES string of the molecule is CC(=O)Nc1ccc(S(=O)(=O)Nc2nc(-c3ccc4c(c3)C(C)(C)C(=O)N4C)cs2)cc1. The lowest BCUT2D eigenvalue weighted by atomic mass is 9.85. The second-order valence-electron chi connectivity index (χ2n) is 8.07. The van der Waals surface area contributed by atoms with Crippen LogP contribution < -0.4 is 14.9 Å². The molecule has 0 aliphatic carbocycles. The minimum Gasteiger partial charge on any atom is -0.326 e. The van der Waals surface area contributed by atoms with E-state index in [0.717, 1.165) is 16.8 Å². The van der Waals surface area contributed by atoms with Crippen LogP contribution in [0.25, 0.3) is 11.3 Å². The first-order valence-corrected chi connectivity index (χ1v) is 12.1. The fourth-order valence-electron chi connectivity index (χ4n) is 3.68. The molecule has 2 heterocycles. The van der Waals surface area contributed by atoms with Gasteiger partial charge in [-0.25, -0.2) is 13.4 Å². The van der Waals surface area contributed by atoms with E-state index in [1.165, 1.54) is 42.5 Å². The van der Waals surface area contributed by atoms with E-state index in [-0.39, 0.29) is 21.8 Å². The van der Waals surface area contributed by atoms with E-state index in [0.29, 0.717) is 11.4 Å². The van der Waals surface area contributed by atoms with Crippen molar-refractivity contribution in [3.05, 3.63) is 53.4 Å². The van der Waals surface area contributed by atoms with E-state index in [9.17, 15) is 18.0 Å². The maximum atomic E-state index is 12.7. The highest BCUT2D eigenvalue weighted by molar-refractivity contribution is 7.93. The third-order valence-corrected chi connectivity index (χ3v) is 7.62. The summed E-state index contributed by atoms with van der Waals surface area (Å²) in [5, 5.41) is 4.60. The topological polar surface area (TPSA) is 108 Å². The summed E-state index contributed by atoms with van der Waals surface area (Å²) >= 11 is 1.18. The summed E-state index contributed by atoms with van der Waals surface area (Å²) in [4.78, 5) is 29.8. The Morgan fingerprint density at radius 1 is 1.12 bits per heavy atom. The number of likely N-dealkylation sites (N-methyl/N-ethyl adjacent to an activating group) is 1. The molecule has 8 nitrogen and oxygen atoms in total. The number of anilines is 3. The van der Waals surface area contributed by atoms with Crippen LogP contribution in [-0.4, -0.2) is 32.3 Å². The molecule has 2 aromatic carbocycles. The van der Waals surface area contributed by atoms with Gasteiger partial charge in [-0.1, -0.05) is 6.07 Å². The van der Waals surface area contributed by atoms with Crippen LogP contribution in [0, 0.1) is 0 Å². The van der Waals surface area contributed by atoms with Crippen LogP contribution in [0.15, 0.2) is 52.7 Å². The van der Waals surface area contributed by atoms with Crippen molar-refractivity contribution >= 4 is 49.7 Å². The summed E-state index contributed by atoms with van der Waals surface area (Å²) in [6.07, 6.45) is 0. The Kier molecular flexibility index (Phi) is 5.30. The van der Waals surface area contributed by atoms with Crippen LogP contribution in [0.2, 0.25) is 0 Å². The van der Waals surface area contributed by atoms with Crippen LogP contribution in [0.4, 0.5) is 16.5 Å². The molecule has 0 fully saturated rings. The van der Waals surface area contributed by atoms with E-state index in [2.05, 4.69) is 15.0 Å². The number of hydrogen-bond acceptors (Lipinski definition) is 6. The maximum absolute atomic E-state index is 12.7. The average Bonchev–Trinajstić information content (AvgIpc) is 3.25. The van der Waals surface area contributed by atoms with Crippen molar-refractivity contribution in [1.82, 2.24) is 4.98 Å². The van der Waals surface area contributed by atoms with Crippen LogP contribution in [0.3, 0.4) is 0 Å². The third kappa shape index (κ3) is 3.87. The van der Waals surface area contributed by atoms with Gasteiger partial charge in [0.25, 0.3) is 10.0 Å². The largest absolute Gasteiger partial charge is 0.326 e. The number of nitrogens with one attached hydrogen (secondary N) is 2. The Morgan fingerprint density at radius 3 is 2.47 bits per heavy atom. The van der Waals surface area contributed by atoms with Gasteiger partial charge < -0.3 is 10.2 Å². The number of benzene rings is 2. The van der Waals surface area contributed by atoms with Crippen LogP contribution in [0.5, 0.6) is 0 Å². The summed E-state index contributed by atoms with van der Waals surface area (Å²) in [5.41, 5.74) is 3.08. The predicted octanol–water partition coefficient (Wildman–Crippen LogP) is 3.82. The molecule has 3 aromatic rings. The summed E-state index contributed by atoms with van der Waals surface area (Å²) in [7, 11) is -2.08. The number of sulfonamides is 1. The average molecular weight is 471 g/mol. The molecule has 10 heteroatoms. The molecule has 2 N–H and O–H groups in total. The number of amides is 2. The first kappa shape index (κ1) is 22.0. The zero-order valence-corrected chi connectivity index (χ0v) is 19.6. The summed E-state index contributed by atoms with van der Waals surface area (Å²) in [6.45, 7) is 5.16. The number of aromatic nitrogens is 1. The van der Waals surface area contributed by atoms with E-state index in [4.69, 9.17) is 0 Å². The Morgan fingerprint density at radius 2 is 1.81 bits per heavy atom. The predicted molar refractivity (Wildman–Crippen MR) is 126 cm³/mol. The highest BCUT2D eigenvalue weighted by atomic mass is 32.2. The number of carbonyl (C=O) groups is 2. The van der Waals surface area contributed by atoms with Crippen molar-refractivity contribution < 1.29 is 18.0 Å². The van der Waals surface area contributed by atoms with Gasteiger partial charge >= 0.3 is 0 Å². The molecule has 1 aliphatic rings. The fraction of sp³-hybridized carbons (Fsp3) is 0.227. The van der Waals surface area contributed by atoms with Gasteiger partial charge in [-0.15, -0.1) is 11.3 Å². The molecule has 0 saturated heterocycles. The van der Waals surface area contributed by atoms with E-state index < -0.39 is 15.4 Å². The third-order valence-electron chi connectivity index (χ3n) is 5.38.